The van der Waals surface area contributed by atoms with Crippen LogP contribution in [0.5, 0.6) is 58.8 Å². The molecule has 0 spiro atoms. The van der Waals surface area contributed by atoms with Crippen LogP contribution in [0.4, 0.5) is 30.6 Å². The number of terminal acetylenes is 1. The molecule has 0 unspecified atom stereocenters. The van der Waals surface area contributed by atoms with E-state index in [-0.39, 0.29) is 110 Å². The fourth-order valence-electron chi connectivity index (χ4n) is 16.5. The molecule has 13 aromatic rings. The van der Waals surface area contributed by atoms with E-state index in [0.717, 1.165) is 44.8 Å². The van der Waals surface area contributed by atoms with Gasteiger partial charge < -0.3 is 67.3 Å². The third-order valence-electron chi connectivity index (χ3n) is 23.2. The number of likely N-dealkylation sites (N-methyl/N-ethyl adjacent to an activating group) is 1. The van der Waals surface area contributed by atoms with Crippen molar-refractivity contribution in [2.75, 3.05) is 160 Å². The van der Waals surface area contributed by atoms with Gasteiger partial charge >= 0.3 is 18.0 Å². The van der Waals surface area contributed by atoms with Crippen LogP contribution in [0.3, 0.4) is 0 Å². The maximum atomic E-state index is 14.7. The van der Waals surface area contributed by atoms with E-state index in [1.54, 1.807) is 65.7 Å². The molecule has 3 amide bonds. The molecule has 4 atom stereocenters. The van der Waals surface area contributed by atoms with Crippen molar-refractivity contribution in [3.05, 3.63) is 156 Å². The van der Waals surface area contributed by atoms with E-state index >= 15 is 0 Å². The Labute approximate surface area is 756 Å². The predicted octanol–water partition coefficient (Wildman–Crippen LogP) is 11.0. The van der Waals surface area contributed by atoms with Gasteiger partial charge in [-0.15, -0.1) is 17.4 Å². The number of carbonyl (C=O) groups is 3. The molecule has 3 aromatic carbocycles. The normalized spacial score (nSPS) is 18.0. The highest BCUT2D eigenvalue weighted by molar-refractivity contribution is 6.34. The maximum absolute atomic E-state index is 14.7. The molecule has 37 nitrogen and oxygen atoms in total. The number of pyridine rings is 3. The zero-order valence-electron chi connectivity index (χ0n) is 71.1. The molecule has 10 aromatic heterocycles. The lowest BCUT2D eigenvalue weighted by Crippen LogP contribution is -2.48. The fourth-order valence-corrected chi connectivity index (χ4v) is 17.1. The van der Waals surface area contributed by atoms with Crippen molar-refractivity contribution < 1.29 is 65.4 Å². The highest BCUT2D eigenvalue weighted by Crippen LogP contribution is 2.46. The van der Waals surface area contributed by atoms with Gasteiger partial charge in [-0.2, -0.15) is 45.2 Å². The van der Waals surface area contributed by atoms with Gasteiger partial charge in [0, 0.05) is 188 Å². The minimum Gasteiger partial charge on any atom is -0.456 e. The number of ether oxygens (including phenoxy) is 8. The van der Waals surface area contributed by atoms with Crippen molar-refractivity contribution in [2.24, 2.45) is 0 Å². The second-order valence-electron chi connectivity index (χ2n) is 31.3. The first-order valence-electron chi connectivity index (χ1n) is 41.8. The molecule has 3 N–H and O–H groups in total. The van der Waals surface area contributed by atoms with Crippen LogP contribution in [-0.4, -0.2) is 302 Å². The van der Waals surface area contributed by atoms with Crippen LogP contribution in [0, 0.1) is 29.8 Å². The third kappa shape index (κ3) is 18.5. The number of nitrogens with zero attached hydrogens (tertiary/aromatic N) is 23. The Morgan fingerprint density at radius 3 is 1.23 bits per heavy atom. The largest absolute Gasteiger partial charge is 0.456 e. The summed E-state index contributed by atoms with van der Waals surface area (Å²) < 4.78 is 94.9. The smallest absolute Gasteiger partial charge is 0.326 e. The van der Waals surface area contributed by atoms with Gasteiger partial charge in [0.1, 0.15) is 90.9 Å². The zero-order chi connectivity index (χ0) is 90.5. The number of halogens is 6. The van der Waals surface area contributed by atoms with Crippen LogP contribution in [0.25, 0.3) is 65.4 Å². The number of aromatic nitrogens is 17. The molecule has 0 saturated carbocycles. The standard InChI is InChI=1S/C30H30ClFN8O4.C29H32ClFN8O4.C28H26ClFN10O3/c1-4-6-9-38-16-22(42-3)23(17-38)43-30-35-26-18(28(36-30)40-12-10-39(11-13-40)24(41)5-2)7-8-33-29(26)44-27-19-15-34-37-21(19)14-20(32)25(27)31;1-4-8-37-15-21(41-3)22(16-37)42-29-34-25-17(27(35-29)39-11-9-38(10-12-39)23(40)5-2)6-7-32-28(25)43-26-18-14-33-36-20(18)13-19(31)24(26)30;1-3-22(41)38-7-9-39(10-8-38)26-17-4-5-31-27(43-25-18-14-32-35-20(18)13-19(30)23(25)29)24(17)33-28(34-26)42-21-12-16-15-37(2)6-11-40(16)36-21/h1,5,7-8,14-15,22-23H,2,6,9-13,16-17H2,3H3,(H,34,37);5-7,13-14,21-22H,2,4,8-12,15-16H2,1,3H3,(H,33,36);3-5,12-14H,1,6-11,15H2,2H3,(H,32,35)/t22-,23-;21-,22-;/m11./s1. The van der Waals surface area contributed by atoms with Gasteiger partial charge in [0.05, 0.1) is 79.7 Å². The van der Waals surface area contributed by atoms with E-state index in [1.807, 2.05) is 15.6 Å². The van der Waals surface area contributed by atoms with Crippen LogP contribution >= 0.6 is 34.8 Å². The van der Waals surface area contributed by atoms with Crippen LogP contribution in [-0.2, 0) is 36.9 Å². The first-order chi connectivity index (χ1) is 63.2. The molecule has 6 aliphatic rings. The molecule has 674 valence electrons. The number of carbonyl (C=O) groups excluding carboxylic acids is 3. The molecule has 0 bridgehead atoms. The average molecular weight is 1840 g/mol. The third-order valence-corrected chi connectivity index (χ3v) is 24.2. The van der Waals surface area contributed by atoms with Crippen molar-refractivity contribution >= 4 is 135 Å². The molecule has 0 radical (unpaired) electrons. The Morgan fingerprint density at radius 1 is 0.492 bits per heavy atom. The number of nitrogens with one attached hydrogen (secondary N) is 3. The van der Waals surface area contributed by atoms with E-state index in [0.29, 0.717) is 200 Å². The highest BCUT2D eigenvalue weighted by atomic mass is 35.5. The van der Waals surface area contributed by atoms with Crippen molar-refractivity contribution in [1.82, 2.24) is 115 Å². The highest BCUT2D eigenvalue weighted by Gasteiger charge is 2.39. The van der Waals surface area contributed by atoms with Crippen LogP contribution < -0.4 is 43.1 Å². The van der Waals surface area contributed by atoms with E-state index in [2.05, 4.69) is 120 Å². The quantitative estimate of drug-likeness (QED) is 0.0374. The van der Waals surface area contributed by atoms with Crippen molar-refractivity contribution in [1.29, 1.82) is 0 Å². The molecule has 43 heteroatoms. The number of likely N-dealkylation sites (tertiary alicyclic amines) is 2. The summed E-state index contributed by atoms with van der Waals surface area (Å²) in [5, 5.41) is 27.5. The molecule has 130 heavy (non-hydrogen) atoms. The second kappa shape index (κ2) is 38.9. The molecule has 19 rings (SSSR count). The van der Waals surface area contributed by atoms with Crippen LogP contribution in [0.1, 0.15) is 25.5 Å². The van der Waals surface area contributed by atoms with E-state index in [4.69, 9.17) is 104 Å². The van der Waals surface area contributed by atoms with Crippen LogP contribution in [0.15, 0.2) is 118 Å². The summed E-state index contributed by atoms with van der Waals surface area (Å²) in [6.45, 7) is 25.6. The molecule has 5 fully saturated rings. The average Bonchev–Trinajstić information content (AvgIpc) is 0.899. The molecule has 5 saturated heterocycles. The number of anilines is 3. The Bertz CT molecular complexity index is 6520. The first kappa shape index (κ1) is 88.6. The summed E-state index contributed by atoms with van der Waals surface area (Å²) in [4.78, 5) is 96.6. The van der Waals surface area contributed by atoms with Crippen molar-refractivity contribution in [2.45, 2.75) is 57.3 Å². The van der Waals surface area contributed by atoms with E-state index < -0.39 is 17.5 Å². The van der Waals surface area contributed by atoms with E-state index in [1.165, 1.54) is 55.0 Å². The topological polar surface area (TPSA) is 374 Å². The monoisotopic (exact) mass is 1830 g/mol. The summed E-state index contributed by atoms with van der Waals surface area (Å²) >= 11 is 19.1. The number of fused-ring (bicyclic) bond motifs is 7. The number of piperazine rings is 3. The lowest BCUT2D eigenvalue weighted by molar-refractivity contribution is -0.127. The minimum absolute atomic E-state index is 0.0348. The first-order valence-corrected chi connectivity index (χ1v) is 43.0. The lowest BCUT2D eigenvalue weighted by atomic mass is 10.2. The SMILES string of the molecule is C#CCCN1C[C@@H](OC)[C@H](Oc2nc(N3CCN(C(=O)C=C)CC3)c3ccnc(Oc4c(Cl)c(F)cc5[nH]ncc45)c3n2)C1.C=CC(=O)N1CCN(c2nc(O[C@@H]3CN(CCC)C[C@H]3OC)nc3c(Oc4c(Cl)c(F)cc5[nH]ncc45)nccc23)CC1.C=CC(=O)N1CCN(c2nc(Oc3cc4n(n3)CCN(C)C4)nc3c(Oc4c(Cl)c(F)cc5[nH]ncc45)nccc23)CC1. The van der Waals surface area contributed by atoms with Gasteiger partial charge in [-0.1, -0.05) is 61.5 Å². The van der Waals surface area contributed by atoms with Gasteiger partial charge in [0.2, 0.25) is 41.2 Å². The Kier molecular flexibility index (Phi) is 26.5. The Hall–Kier alpha value is -13.4. The molecule has 16 heterocycles. The van der Waals surface area contributed by atoms with Crippen molar-refractivity contribution in [3.8, 4) is 71.1 Å². The maximum Gasteiger partial charge on any atom is 0.326 e. The number of methoxy groups -OCH3 is 2. The summed E-state index contributed by atoms with van der Waals surface area (Å²) in [5.41, 5.74) is 3.29. The van der Waals surface area contributed by atoms with Gasteiger partial charge in [-0.05, 0) is 56.4 Å². The predicted molar refractivity (Wildman–Crippen MR) is 478 cm³/mol. The molecular weight excluding hydrogens is 1750 g/mol. The number of amides is 3. The fraction of sp³-hybridized carbons (Fsp3) is 0.356. The molecule has 6 aliphatic heterocycles. The van der Waals surface area contributed by atoms with Gasteiger partial charge in [0.25, 0.3) is 0 Å². The Morgan fingerprint density at radius 2 is 0.862 bits per heavy atom. The number of rotatable bonds is 24. The van der Waals surface area contributed by atoms with E-state index in [9.17, 15) is 27.6 Å². The summed E-state index contributed by atoms with van der Waals surface area (Å²) in [5.74, 6) is 2.84. The zero-order valence-corrected chi connectivity index (χ0v) is 73.3. The number of hydrogen-bond acceptors (Lipinski definition) is 30. The van der Waals surface area contributed by atoms with Crippen molar-refractivity contribution in [3.63, 3.8) is 0 Å². The summed E-state index contributed by atoms with van der Waals surface area (Å²) in [7, 11) is 5.36. The van der Waals surface area contributed by atoms with Crippen LogP contribution in [0.2, 0.25) is 15.1 Å². The second-order valence-corrected chi connectivity index (χ2v) is 32.4. The number of H-pyrrole nitrogens is 3. The van der Waals surface area contributed by atoms with Gasteiger partial charge in [-0.3, -0.25) is 49.1 Å². The van der Waals surface area contributed by atoms with Gasteiger partial charge in [-0.25, -0.2) is 28.1 Å². The Balaban J connectivity index is 0.000000137. The van der Waals surface area contributed by atoms with Gasteiger partial charge in [0.15, 0.2) is 17.2 Å². The number of benzene rings is 3. The number of aromatic amines is 3. The summed E-state index contributed by atoms with van der Waals surface area (Å²) in [6.07, 6.45) is 19.2. The number of hydrogen-bond donors (Lipinski definition) is 3. The summed E-state index contributed by atoms with van der Waals surface area (Å²) in [6, 6.07) is 11.2. The lowest BCUT2D eigenvalue weighted by Gasteiger charge is -2.35. The molecule has 0 aliphatic carbocycles. The minimum atomic E-state index is -0.675. The molecular formula is C87H88Cl3F3N26O11.